The van der Waals surface area contributed by atoms with Crippen LogP contribution in [0.4, 0.5) is 0 Å². The van der Waals surface area contributed by atoms with E-state index in [0.29, 0.717) is 17.9 Å². The summed E-state index contributed by atoms with van der Waals surface area (Å²) in [4.78, 5) is 14.1. The van der Waals surface area contributed by atoms with Gasteiger partial charge in [-0.25, -0.2) is 0 Å². The molecule has 88 valence electrons. The van der Waals surface area contributed by atoms with E-state index in [2.05, 4.69) is 39.9 Å². The maximum atomic E-state index is 12.0. The second-order valence-electron chi connectivity index (χ2n) is 5.31. The molecule has 1 N–H and O–H groups in total. The number of nitrogens with one attached hydrogen (secondary N) is 1. The topological polar surface area (TPSA) is 32.3 Å². The van der Waals surface area contributed by atoms with Gasteiger partial charge < -0.3 is 4.90 Å². The summed E-state index contributed by atoms with van der Waals surface area (Å²) in [6, 6.07) is 0.279. The molecule has 3 nitrogen and oxygen atoms in total. The Bertz CT molecular complexity index is 238. The molecule has 1 amide bonds. The van der Waals surface area contributed by atoms with Crippen LogP contribution in [-0.2, 0) is 4.79 Å². The van der Waals surface area contributed by atoms with Crippen molar-refractivity contribution in [2.24, 2.45) is 11.8 Å². The average Bonchev–Trinajstić information content (AvgIpc) is 2.42. The maximum absolute atomic E-state index is 12.0. The van der Waals surface area contributed by atoms with E-state index in [-0.39, 0.29) is 18.1 Å². The first-order valence-electron chi connectivity index (χ1n) is 5.94. The Morgan fingerprint density at radius 1 is 1.20 bits per heavy atom. The van der Waals surface area contributed by atoms with E-state index in [0.717, 1.165) is 0 Å². The van der Waals surface area contributed by atoms with E-state index in [9.17, 15) is 4.79 Å². The minimum atomic E-state index is -0.0291. The minimum absolute atomic E-state index is 0.0291. The molecule has 1 aliphatic heterocycles. The monoisotopic (exact) mass is 212 g/mol. The van der Waals surface area contributed by atoms with Gasteiger partial charge in [-0.15, -0.1) is 0 Å². The van der Waals surface area contributed by atoms with E-state index < -0.39 is 0 Å². The van der Waals surface area contributed by atoms with E-state index in [1.165, 1.54) is 0 Å². The van der Waals surface area contributed by atoms with Crippen LogP contribution < -0.4 is 5.32 Å². The number of rotatable bonds is 3. The van der Waals surface area contributed by atoms with Gasteiger partial charge in [0.25, 0.3) is 0 Å². The number of carbonyl (C=O) groups excluding carboxylic acids is 1. The Hall–Kier alpha value is -0.570. The van der Waals surface area contributed by atoms with Gasteiger partial charge in [0.05, 0.1) is 12.2 Å². The number of nitrogens with zero attached hydrogens (tertiary/aromatic N) is 1. The van der Waals surface area contributed by atoms with Gasteiger partial charge in [-0.3, -0.25) is 10.1 Å². The summed E-state index contributed by atoms with van der Waals surface area (Å²) >= 11 is 0. The molecular weight excluding hydrogens is 188 g/mol. The van der Waals surface area contributed by atoms with Crippen LogP contribution in [0.2, 0.25) is 0 Å². The molecule has 15 heavy (non-hydrogen) atoms. The smallest absolute Gasteiger partial charge is 0.240 e. The van der Waals surface area contributed by atoms with Crippen LogP contribution in [-0.4, -0.2) is 29.1 Å². The number of hydrogen-bond acceptors (Lipinski definition) is 2. The molecular formula is C12H24N2O. The first-order valence-corrected chi connectivity index (χ1v) is 5.94. The summed E-state index contributed by atoms with van der Waals surface area (Å²) in [5, 5.41) is 3.37. The van der Waals surface area contributed by atoms with Crippen LogP contribution in [0.5, 0.6) is 0 Å². The molecule has 3 atom stereocenters. The fourth-order valence-corrected chi connectivity index (χ4v) is 2.06. The quantitative estimate of drug-likeness (QED) is 0.774. The van der Waals surface area contributed by atoms with Gasteiger partial charge in [0, 0.05) is 6.04 Å². The second kappa shape index (κ2) is 4.52. The summed E-state index contributed by atoms with van der Waals surface area (Å²) in [6.07, 6.45) is 0.199. The third-order valence-electron chi connectivity index (χ3n) is 3.38. The van der Waals surface area contributed by atoms with Crippen LogP contribution in [0.1, 0.15) is 41.5 Å². The Balaban J connectivity index is 2.86. The third kappa shape index (κ3) is 2.33. The largest absolute Gasteiger partial charge is 0.323 e. The molecule has 1 rings (SSSR count). The van der Waals surface area contributed by atoms with Gasteiger partial charge in [-0.05, 0) is 25.7 Å². The normalized spacial score (nSPS) is 29.3. The van der Waals surface area contributed by atoms with Crippen LogP contribution in [0.25, 0.3) is 0 Å². The Labute approximate surface area is 93.2 Å². The zero-order valence-corrected chi connectivity index (χ0v) is 10.7. The van der Waals surface area contributed by atoms with Crippen molar-refractivity contribution in [3.05, 3.63) is 0 Å². The molecule has 0 aliphatic carbocycles. The number of amides is 1. The van der Waals surface area contributed by atoms with Gasteiger partial charge in [-0.1, -0.05) is 27.7 Å². The molecule has 3 unspecified atom stereocenters. The van der Waals surface area contributed by atoms with Gasteiger partial charge in [-0.2, -0.15) is 0 Å². The van der Waals surface area contributed by atoms with Crippen molar-refractivity contribution in [1.82, 2.24) is 10.2 Å². The molecule has 1 fully saturated rings. The summed E-state index contributed by atoms with van der Waals surface area (Å²) in [5.41, 5.74) is 0. The lowest BCUT2D eigenvalue weighted by atomic mass is 10.0. The van der Waals surface area contributed by atoms with Crippen molar-refractivity contribution in [3.63, 3.8) is 0 Å². The first kappa shape index (κ1) is 12.5. The SMILES string of the molecule is CC1NC(C(C)C)N(C(C)C(C)C)C1=O. The van der Waals surface area contributed by atoms with Crippen molar-refractivity contribution in [2.75, 3.05) is 0 Å². The van der Waals surface area contributed by atoms with E-state index in [1.807, 2.05) is 11.8 Å². The average molecular weight is 212 g/mol. The fraction of sp³-hybridized carbons (Fsp3) is 0.917. The molecule has 1 saturated heterocycles. The highest BCUT2D eigenvalue weighted by molar-refractivity contribution is 5.84. The van der Waals surface area contributed by atoms with Gasteiger partial charge in [0.2, 0.25) is 5.91 Å². The standard InChI is InChI=1S/C12H24N2O/c1-7(2)10(6)14-11(8(3)4)13-9(5)12(14)15/h7-11,13H,1-6H3. The predicted octanol–water partition coefficient (Wildman–Crippen LogP) is 1.83. The maximum Gasteiger partial charge on any atom is 0.240 e. The second-order valence-corrected chi connectivity index (χ2v) is 5.31. The lowest BCUT2D eigenvalue weighted by Gasteiger charge is -2.34. The van der Waals surface area contributed by atoms with Crippen molar-refractivity contribution in [1.29, 1.82) is 0 Å². The van der Waals surface area contributed by atoms with Crippen LogP contribution in [0.3, 0.4) is 0 Å². The Kier molecular flexibility index (Phi) is 3.77. The summed E-state index contributed by atoms with van der Waals surface area (Å²) in [6.45, 7) is 12.7. The molecule has 0 bridgehead atoms. The molecule has 0 radical (unpaired) electrons. The van der Waals surface area contributed by atoms with Crippen molar-refractivity contribution < 1.29 is 4.79 Å². The zero-order chi connectivity index (χ0) is 11.7. The summed E-state index contributed by atoms with van der Waals surface area (Å²) in [7, 11) is 0. The molecule has 0 spiro atoms. The first-order chi connectivity index (χ1) is 6.86. The highest BCUT2D eigenvalue weighted by Crippen LogP contribution is 2.23. The fourth-order valence-electron chi connectivity index (χ4n) is 2.06. The van der Waals surface area contributed by atoms with Gasteiger partial charge in [0.1, 0.15) is 0 Å². The van der Waals surface area contributed by atoms with Crippen molar-refractivity contribution in [2.45, 2.75) is 59.8 Å². The Morgan fingerprint density at radius 2 is 1.73 bits per heavy atom. The highest BCUT2D eigenvalue weighted by Gasteiger charge is 2.40. The van der Waals surface area contributed by atoms with Crippen LogP contribution in [0, 0.1) is 11.8 Å². The van der Waals surface area contributed by atoms with Crippen LogP contribution >= 0.6 is 0 Å². The number of carbonyl (C=O) groups is 1. The molecule has 0 aromatic rings. The van der Waals surface area contributed by atoms with Crippen molar-refractivity contribution in [3.8, 4) is 0 Å². The third-order valence-corrected chi connectivity index (χ3v) is 3.38. The van der Waals surface area contributed by atoms with Crippen LogP contribution in [0.15, 0.2) is 0 Å². The van der Waals surface area contributed by atoms with Gasteiger partial charge in [0.15, 0.2) is 0 Å². The van der Waals surface area contributed by atoms with E-state index in [4.69, 9.17) is 0 Å². The Morgan fingerprint density at radius 3 is 2.13 bits per heavy atom. The highest BCUT2D eigenvalue weighted by atomic mass is 16.2. The van der Waals surface area contributed by atoms with Crippen molar-refractivity contribution >= 4 is 5.91 Å². The van der Waals surface area contributed by atoms with E-state index in [1.54, 1.807) is 0 Å². The van der Waals surface area contributed by atoms with Gasteiger partial charge >= 0.3 is 0 Å². The lowest BCUT2D eigenvalue weighted by molar-refractivity contribution is -0.133. The van der Waals surface area contributed by atoms with E-state index >= 15 is 0 Å². The minimum Gasteiger partial charge on any atom is -0.323 e. The summed E-state index contributed by atoms with van der Waals surface area (Å²) in [5.74, 6) is 1.21. The molecule has 3 heteroatoms. The summed E-state index contributed by atoms with van der Waals surface area (Å²) < 4.78 is 0. The molecule has 0 aromatic heterocycles. The zero-order valence-electron chi connectivity index (χ0n) is 10.7. The molecule has 1 heterocycles. The molecule has 1 aliphatic rings. The molecule has 0 aromatic carbocycles. The number of hydrogen-bond donors (Lipinski definition) is 1. The lowest BCUT2D eigenvalue weighted by Crippen LogP contribution is -2.48. The molecule has 0 saturated carbocycles. The predicted molar refractivity (Wildman–Crippen MR) is 62.4 cm³/mol.